The van der Waals surface area contributed by atoms with Gasteiger partial charge in [-0.05, 0) is 17.7 Å². The number of aromatic nitrogens is 1. The summed E-state index contributed by atoms with van der Waals surface area (Å²) in [4.78, 5) is 10.9. The summed E-state index contributed by atoms with van der Waals surface area (Å²) in [6.45, 7) is 4.53. The van der Waals surface area contributed by atoms with Crippen LogP contribution in [0.25, 0.3) is 0 Å². The first-order valence-corrected chi connectivity index (χ1v) is 6.11. The van der Waals surface area contributed by atoms with Crippen LogP contribution in [0.2, 0.25) is 0 Å². The van der Waals surface area contributed by atoms with E-state index in [1.54, 1.807) is 0 Å². The molecule has 0 aliphatic heterocycles. The lowest BCUT2D eigenvalue weighted by Crippen LogP contribution is -2.08. The number of nitrogens with zero attached hydrogens (tertiary/aromatic N) is 1. The number of aldehydes is 1. The highest BCUT2D eigenvalue weighted by Gasteiger charge is 2.16. The molecule has 0 aliphatic carbocycles. The molecule has 1 atom stereocenters. The van der Waals surface area contributed by atoms with E-state index in [1.165, 1.54) is 5.56 Å². The van der Waals surface area contributed by atoms with Crippen molar-refractivity contribution in [3.63, 3.8) is 0 Å². The van der Waals surface area contributed by atoms with Crippen molar-refractivity contribution >= 4 is 6.29 Å². The Kier molecular flexibility index (Phi) is 4.13. The molecule has 92 valence electrons. The molecule has 1 aromatic heterocycles. The Morgan fingerprint density at radius 2 is 1.94 bits per heavy atom. The molecule has 2 rings (SSSR count). The maximum Gasteiger partial charge on any atom is 0.120 e. The molecule has 0 unspecified atom stereocenters. The minimum atomic E-state index is 0.124. The first-order valence-electron chi connectivity index (χ1n) is 6.11. The topological polar surface area (TPSA) is 22.0 Å². The van der Waals surface area contributed by atoms with E-state index in [2.05, 4.69) is 29.3 Å². The molecule has 0 aliphatic rings. The number of carbonyl (C=O) groups excluding carboxylic acids is 1. The van der Waals surface area contributed by atoms with Gasteiger partial charge in [-0.2, -0.15) is 0 Å². The number of benzene rings is 1. The summed E-state index contributed by atoms with van der Waals surface area (Å²) in [7, 11) is 0. The maximum absolute atomic E-state index is 10.9. The van der Waals surface area contributed by atoms with Gasteiger partial charge in [-0.1, -0.05) is 36.4 Å². The lowest BCUT2D eigenvalue weighted by Gasteiger charge is -2.17. The Morgan fingerprint density at radius 1 is 1.17 bits per heavy atom. The fourth-order valence-electron chi connectivity index (χ4n) is 2.26. The summed E-state index contributed by atoms with van der Waals surface area (Å²) in [5.74, 6) is 0.124. The van der Waals surface area contributed by atoms with E-state index in [0.717, 1.165) is 18.5 Å². The van der Waals surface area contributed by atoms with Gasteiger partial charge in [0.1, 0.15) is 6.29 Å². The predicted octanol–water partition coefficient (Wildman–Crippen LogP) is 3.40. The van der Waals surface area contributed by atoms with Gasteiger partial charge in [-0.15, -0.1) is 6.58 Å². The lowest BCUT2D eigenvalue weighted by atomic mass is 9.93. The van der Waals surface area contributed by atoms with Crippen molar-refractivity contribution in [1.29, 1.82) is 0 Å². The molecule has 2 nitrogen and oxygen atoms in total. The SMILES string of the molecule is C=CCn1cccc1[C@@H](CC=O)c1ccccc1. The van der Waals surface area contributed by atoms with Crippen LogP contribution in [-0.4, -0.2) is 10.9 Å². The number of allylic oxidation sites excluding steroid dienone is 1. The summed E-state index contributed by atoms with van der Waals surface area (Å²) in [5, 5.41) is 0. The van der Waals surface area contributed by atoms with Crippen LogP contribution in [0.4, 0.5) is 0 Å². The smallest absolute Gasteiger partial charge is 0.120 e. The fraction of sp³-hybridized carbons (Fsp3) is 0.188. The fourth-order valence-corrected chi connectivity index (χ4v) is 2.26. The summed E-state index contributed by atoms with van der Waals surface area (Å²) >= 11 is 0. The van der Waals surface area contributed by atoms with E-state index in [9.17, 15) is 4.79 Å². The molecule has 18 heavy (non-hydrogen) atoms. The Hall–Kier alpha value is -2.09. The number of hydrogen-bond donors (Lipinski definition) is 0. The molecule has 0 saturated carbocycles. The minimum absolute atomic E-state index is 0.124. The number of rotatable bonds is 6. The van der Waals surface area contributed by atoms with Gasteiger partial charge >= 0.3 is 0 Å². The third-order valence-electron chi connectivity index (χ3n) is 3.08. The van der Waals surface area contributed by atoms with Crippen LogP contribution >= 0.6 is 0 Å². The third-order valence-corrected chi connectivity index (χ3v) is 3.08. The van der Waals surface area contributed by atoms with Gasteiger partial charge in [-0.3, -0.25) is 0 Å². The normalized spacial score (nSPS) is 12.0. The van der Waals surface area contributed by atoms with Crippen molar-refractivity contribution in [3.8, 4) is 0 Å². The van der Waals surface area contributed by atoms with Crippen molar-refractivity contribution < 1.29 is 4.79 Å². The Labute approximate surface area is 108 Å². The van der Waals surface area contributed by atoms with Crippen molar-refractivity contribution in [1.82, 2.24) is 4.57 Å². The highest BCUT2D eigenvalue weighted by Crippen LogP contribution is 2.27. The van der Waals surface area contributed by atoms with E-state index in [0.29, 0.717) is 6.42 Å². The van der Waals surface area contributed by atoms with E-state index in [1.807, 2.05) is 36.5 Å². The van der Waals surface area contributed by atoms with E-state index < -0.39 is 0 Å². The van der Waals surface area contributed by atoms with Crippen LogP contribution in [-0.2, 0) is 11.3 Å². The van der Waals surface area contributed by atoms with E-state index >= 15 is 0 Å². The summed E-state index contributed by atoms with van der Waals surface area (Å²) < 4.78 is 2.13. The molecule has 0 radical (unpaired) electrons. The zero-order valence-electron chi connectivity index (χ0n) is 10.3. The molecule has 0 bridgehead atoms. The van der Waals surface area contributed by atoms with Crippen molar-refractivity contribution in [2.45, 2.75) is 18.9 Å². The second-order valence-corrected chi connectivity index (χ2v) is 4.24. The van der Waals surface area contributed by atoms with Gasteiger partial charge in [-0.25, -0.2) is 0 Å². The van der Waals surface area contributed by atoms with Crippen LogP contribution < -0.4 is 0 Å². The average molecular weight is 239 g/mol. The molecular weight excluding hydrogens is 222 g/mol. The molecule has 0 amide bonds. The third kappa shape index (κ3) is 2.59. The van der Waals surface area contributed by atoms with E-state index in [4.69, 9.17) is 0 Å². The lowest BCUT2D eigenvalue weighted by molar-refractivity contribution is -0.108. The van der Waals surface area contributed by atoms with Crippen LogP contribution in [0, 0.1) is 0 Å². The Balaban J connectivity index is 2.38. The number of hydrogen-bond acceptors (Lipinski definition) is 1. The van der Waals surface area contributed by atoms with Gasteiger partial charge in [0.2, 0.25) is 0 Å². The molecule has 0 spiro atoms. The predicted molar refractivity (Wildman–Crippen MR) is 73.6 cm³/mol. The molecule has 0 N–H and O–H groups in total. The first-order chi connectivity index (χ1) is 8.86. The molecule has 1 heterocycles. The highest BCUT2D eigenvalue weighted by atomic mass is 16.1. The van der Waals surface area contributed by atoms with E-state index in [-0.39, 0.29) is 5.92 Å². The second-order valence-electron chi connectivity index (χ2n) is 4.24. The molecule has 0 saturated heterocycles. The molecule has 1 aromatic carbocycles. The van der Waals surface area contributed by atoms with Gasteiger partial charge in [0.15, 0.2) is 0 Å². The largest absolute Gasteiger partial charge is 0.347 e. The van der Waals surface area contributed by atoms with Crippen LogP contribution in [0.5, 0.6) is 0 Å². The number of carbonyl (C=O) groups is 1. The van der Waals surface area contributed by atoms with Crippen molar-refractivity contribution in [2.24, 2.45) is 0 Å². The standard InChI is InChI=1S/C16H17NO/c1-2-11-17-12-6-9-16(17)15(10-13-18)14-7-4-3-5-8-14/h2-9,12-13,15H,1,10-11H2/t15-/m0/s1. The van der Waals surface area contributed by atoms with Crippen LogP contribution in [0.1, 0.15) is 23.6 Å². The van der Waals surface area contributed by atoms with Crippen LogP contribution in [0.3, 0.4) is 0 Å². The molecule has 2 heteroatoms. The molecule has 0 fully saturated rings. The summed E-state index contributed by atoms with van der Waals surface area (Å²) in [5.41, 5.74) is 2.34. The minimum Gasteiger partial charge on any atom is -0.347 e. The average Bonchev–Trinajstić information content (AvgIpc) is 2.85. The Morgan fingerprint density at radius 3 is 2.61 bits per heavy atom. The van der Waals surface area contributed by atoms with Crippen LogP contribution in [0.15, 0.2) is 61.3 Å². The quantitative estimate of drug-likeness (QED) is 0.559. The van der Waals surface area contributed by atoms with Gasteiger partial charge in [0.05, 0.1) is 0 Å². The summed E-state index contributed by atoms with van der Waals surface area (Å²) in [6.07, 6.45) is 5.39. The highest BCUT2D eigenvalue weighted by molar-refractivity contribution is 5.53. The first kappa shape index (κ1) is 12.4. The molecule has 2 aromatic rings. The van der Waals surface area contributed by atoms with Crippen molar-refractivity contribution in [3.05, 3.63) is 72.6 Å². The van der Waals surface area contributed by atoms with Gasteiger partial charge in [0, 0.05) is 30.8 Å². The second kappa shape index (κ2) is 6.01. The maximum atomic E-state index is 10.9. The monoisotopic (exact) mass is 239 g/mol. The Bertz CT molecular complexity index is 513. The zero-order valence-corrected chi connectivity index (χ0v) is 10.3. The zero-order chi connectivity index (χ0) is 12.8. The molecular formula is C16H17NO. The van der Waals surface area contributed by atoms with Gasteiger partial charge in [0.25, 0.3) is 0 Å². The van der Waals surface area contributed by atoms with Crippen molar-refractivity contribution in [2.75, 3.05) is 0 Å². The summed E-state index contributed by atoms with van der Waals surface area (Å²) in [6, 6.07) is 14.2. The van der Waals surface area contributed by atoms with Gasteiger partial charge < -0.3 is 9.36 Å².